The van der Waals surface area contributed by atoms with E-state index in [4.69, 9.17) is 14.2 Å². The van der Waals surface area contributed by atoms with Crippen LogP contribution in [-0.4, -0.2) is 76.6 Å². The van der Waals surface area contributed by atoms with Crippen LogP contribution in [0.15, 0.2) is 0 Å². The van der Waals surface area contributed by atoms with Gasteiger partial charge in [-0.25, -0.2) is 0 Å². The SMILES string of the molecule is CCNC1(C(=O)OC)CCC(N(CCOC)CCOC)C1. The number of likely N-dealkylation sites (N-methyl/N-ethyl adjacent to an activating group) is 1. The van der Waals surface area contributed by atoms with Crippen molar-refractivity contribution in [3.05, 3.63) is 0 Å². The maximum absolute atomic E-state index is 12.2. The Kier molecular flexibility index (Phi) is 8.18. The highest BCUT2D eigenvalue weighted by molar-refractivity contribution is 5.81. The third-order valence-electron chi connectivity index (χ3n) is 4.26. The highest BCUT2D eigenvalue weighted by atomic mass is 16.5. The molecule has 1 rings (SSSR count). The number of rotatable bonds is 10. The molecule has 1 N–H and O–H groups in total. The molecule has 124 valence electrons. The third-order valence-corrected chi connectivity index (χ3v) is 4.26. The average Bonchev–Trinajstić information content (AvgIpc) is 2.92. The van der Waals surface area contributed by atoms with Gasteiger partial charge in [-0.15, -0.1) is 0 Å². The van der Waals surface area contributed by atoms with Gasteiger partial charge in [0, 0.05) is 33.4 Å². The Hall–Kier alpha value is -0.690. The molecule has 0 bridgehead atoms. The van der Waals surface area contributed by atoms with Crippen molar-refractivity contribution in [1.82, 2.24) is 10.2 Å². The van der Waals surface area contributed by atoms with E-state index in [-0.39, 0.29) is 5.97 Å². The van der Waals surface area contributed by atoms with Gasteiger partial charge in [-0.1, -0.05) is 6.92 Å². The van der Waals surface area contributed by atoms with Crippen LogP contribution in [0.3, 0.4) is 0 Å². The summed E-state index contributed by atoms with van der Waals surface area (Å²) in [4.78, 5) is 14.5. The Morgan fingerprint density at radius 1 is 1.24 bits per heavy atom. The molecular formula is C15H30N2O4. The first-order valence-electron chi connectivity index (χ1n) is 7.69. The number of nitrogens with one attached hydrogen (secondary N) is 1. The molecule has 0 aromatic carbocycles. The molecule has 0 saturated heterocycles. The van der Waals surface area contributed by atoms with Crippen molar-refractivity contribution < 1.29 is 19.0 Å². The van der Waals surface area contributed by atoms with Crippen LogP contribution >= 0.6 is 0 Å². The van der Waals surface area contributed by atoms with Gasteiger partial charge in [-0.05, 0) is 25.8 Å². The minimum atomic E-state index is -0.535. The molecule has 0 aromatic heterocycles. The molecule has 0 radical (unpaired) electrons. The van der Waals surface area contributed by atoms with Crippen LogP contribution in [0.4, 0.5) is 0 Å². The zero-order valence-electron chi connectivity index (χ0n) is 13.8. The predicted octanol–water partition coefficient (Wildman–Crippen LogP) is 0.655. The summed E-state index contributed by atoms with van der Waals surface area (Å²) in [6.45, 7) is 5.87. The van der Waals surface area contributed by atoms with Crippen molar-refractivity contribution in [2.45, 2.75) is 37.8 Å². The van der Waals surface area contributed by atoms with E-state index in [9.17, 15) is 4.79 Å². The number of carbonyl (C=O) groups is 1. The van der Waals surface area contributed by atoms with Crippen LogP contribution in [0.2, 0.25) is 0 Å². The van der Waals surface area contributed by atoms with E-state index < -0.39 is 5.54 Å². The standard InChI is InChI=1S/C15H30N2O4/c1-5-16-15(14(18)21-4)7-6-13(12-15)17(8-10-19-2)9-11-20-3/h13,16H,5-12H2,1-4H3. The summed E-state index contributed by atoms with van der Waals surface area (Å²) in [7, 11) is 4.88. The molecule has 0 spiro atoms. The van der Waals surface area contributed by atoms with Crippen molar-refractivity contribution >= 4 is 5.97 Å². The second-order valence-electron chi connectivity index (χ2n) is 5.52. The summed E-state index contributed by atoms with van der Waals surface area (Å²) < 4.78 is 15.4. The molecule has 0 aromatic rings. The Bertz CT molecular complexity index is 306. The van der Waals surface area contributed by atoms with Gasteiger partial charge in [-0.3, -0.25) is 9.69 Å². The Labute approximate surface area is 128 Å². The Morgan fingerprint density at radius 2 is 1.86 bits per heavy atom. The van der Waals surface area contributed by atoms with E-state index >= 15 is 0 Å². The second-order valence-corrected chi connectivity index (χ2v) is 5.52. The predicted molar refractivity (Wildman–Crippen MR) is 81.4 cm³/mol. The summed E-state index contributed by atoms with van der Waals surface area (Å²) in [6, 6.07) is 0.355. The van der Waals surface area contributed by atoms with Gasteiger partial charge in [0.2, 0.25) is 0 Å². The summed E-state index contributed by atoms with van der Waals surface area (Å²) in [5, 5.41) is 3.34. The van der Waals surface area contributed by atoms with Gasteiger partial charge in [-0.2, -0.15) is 0 Å². The first kappa shape index (κ1) is 18.4. The largest absolute Gasteiger partial charge is 0.468 e. The van der Waals surface area contributed by atoms with Gasteiger partial charge >= 0.3 is 5.97 Å². The lowest BCUT2D eigenvalue weighted by Gasteiger charge is -2.31. The van der Waals surface area contributed by atoms with Crippen molar-refractivity contribution in [1.29, 1.82) is 0 Å². The van der Waals surface area contributed by atoms with Crippen molar-refractivity contribution in [3.63, 3.8) is 0 Å². The fraction of sp³-hybridized carbons (Fsp3) is 0.933. The summed E-state index contributed by atoms with van der Waals surface area (Å²) in [5.41, 5.74) is -0.535. The lowest BCUT2D eigenvalue weighted by atomic mass is 9.97. The summed E-state index contributed by atoms with van der Waals surface area (Å²) in [6.07, 6.45) is 2.57. The number of carbonyl (C=O) groups excluding carboxylic acids is 1. The van der Waals surface area contributed by atoms with Crippen LogP contribution in [0.25, 0.3) is 0 Å². The lowest BCUT2D eigenvalue weighted by Crippen LogP contribution is -2.52. The molecule has 0 heterocycles. The Balaban J connectivity index is 2.71. The maximum Gasteiger partial charge on any atom is 0.326 e. The molecule has 0 aliphatic heterocycles. The highest BCUT2D eigenvalue weighted by Crippen LogP contribution is 2.34. The summed E-state index contributed by atoms with van der Waals surface area (Å²) >= 11 is 0. The zero-order chi connectivity index (χ0) is 15.7. The summed E-state index contributed by atoms with van der Waals surface area (Å²) in [5.74, 6) is -0.148. The van der Waals surface area contributed by atoms with Crippen LogP contribution in [0.5, 0.6) is 0 Å². The van der Waals surface area contributed by atoms with E-state index in [1.54, 1.807) is 14.2 Å². The van der Waals surface area contributed by atoms with Gasteiger partial charge in [0.05, 0.1) is 20.3 Å². The molecular weight excluding hydrogens is 272 g/mol. The quantitative estimate of drug-likeness (QED) is 0.598. The first-order valence-corrected chi connectivity index (χ1v) is 7.69. The van der Waals surface area contributed by atoms with E-state index in [0.29, 0.717) is 19.3 Å². The minimum Gasteiger partial charge on any atom is -0.468 e. The molecule has 2 atom stereocenters. The minimum absolute atomic E-state index is 0.148. The number of ether oxygens (including phenoxy) is 3. The number of esters is 1. The number of hydrogen-bond donors (Lipinski definition) is 1. The normalized spacial score (nSPS) is 25.5. The molecule has 1 aliphatic carbocycles. The van der Waals surface area contributed by atoms with E-state index in [1.807, 2.05) is 6.92 Å². The van der Waals surface area contributed by atoms with Crippen LogP contribution in [0, 0.1) is 0 Å². The molecule has 0 amide bonds. The first-order chi connectivity index (χ1) is 10.1. The molecule has 6 heteroatoms. The number of hydrogen-bond acceptors (Lipinski definition) is 6. The smallest absolute Gasteiger partial charge is 0.326 e. The van der Waals surface area contributed by atoms with Crippen LogP contribution in [0.1, 0.15) is 26.2 Å². The Morgan fingerprint density at radius 3 is 2.33 bits per heavy atom. The van der Waals surface area contributed by atoms with Crippen LogP contribution < -0.4 is 5.32 Å². The lowest BCUT2D eigenvalue weighted by molar-refractivity contribution is -0.148. The van der Waals surface area contributed by atoms with Gasteiger partial charge in [0.1, 0.15) is 5.54 Å². The molecule has 2 unspecified atom stereocenters. The van der Waals surface area contributed by atoms with E-state index in [2.05, 4.69) is 10.2 Å². The zero-order valence-corrected chi connectivity index (χ0v) is 13.8. The third kappa shape index (κ3) is 4.92. The van der Waals surface area contributed by atoms with Crippen molar-refractivity contribution in [3.8, 4) is 0 Å². The number of nitrogens with zero attached hydrogens (tertiary/aromatic N) is 1. The van der Waals surface area contributed by atoms with Crippen molar-refractivity contribution in [2.75, 3.05) is 54.2 Å². The van der Waals surface area contributed by atoms with Crippen molar-refractivity contribution in [2.24, 2.45) is 0 Å². The van der Waals surface area contributed by atoms with Gasteiger partial charge in [0.25, 0.3) is 0 Å². The van der Waals surface area contributed by atoms with E-state index in [0.717, 1.165) is 38.9 Å². The highest BCUT2D eigenvalue weighted by Gasteiger charge is 2.47. The van der Waals surface area contributed by atoms with E-state index in [1.165, 1.54) is 7.11 Å². The molecule has 21 heavy (non-hydrogen) atoms. The maximum atomic E-state index is 12.2. The number of methoxy groups -OCH3 is 3. The fourth-order valence-electron chi connectivity index (χ4n) is 3.18. The van der Waals surface area contributed by atoms with Gasteiger partial charge < -0.3 is 19.5 Å². The average molecular weight is 302 g/mol. The van der Waals surface area contributed by atoms with Gasteiger partial charge in [0.15, 0.2) is 0 Å². The molecule has 1 fully saturated rings. The second kappa shape index (κ2) is 9.35. The van der Waals surface area contributed by atoms with Crippen LogP contribution in [-0.2, 0) is 19.0 Å². The fourth-order valence-corrected chi connectivity index (χ4v) is 3.18. The monoisotopic (exact) mass is 302 g/mol. The topological polar surface area (TPSA) is 60.0 Å². The molecule has 6 nitrogen and oxygen atoms in total. The molecule has 1 saturated carbocycles. The molecule has 1 aliphatic rings.